The summed E-state index contributed by atoms with van der Waals surface area (Å²) >= 11 is 0. The Balaban J connectivity index is 2.28. The van der Waals surface area contributed by atoms with Crippen LogP contribution in [0.4, 0.5) is 0 Å². The van der Waals surface area contributed by atoms with Gasteiger partial charge in [0.15, 0.2) is 0 Å². The molecule has 3 nitrogen and oxygen atoms in total. The number of benzene rings is 1. The maximum absolute atomic E-state index is 9.48. The first-order valence-electron chi connectivity index (χ1n) is 6.07. The van der Waals surface area contributed by atoms with Crippen molar-refractivity contribution in [3.05, 3.63) is 34.9 Å². The van der Waals surface area contributed by atoms with E-state index in [-0.39, 0.29) is 6.10 Å². The predicted molar refractivity (Wildman–Crippen MR) is 70.1 cm³/mol. The van der Waals surface area contributed by atoms with Crippen molar-refractivity contribution < 1.29 is 9.84 Å². The van der Waals surface area contributed by atoms with Crippen molar-refractivity contribution in [3.63, 3.8) is 0 Å². The smallest absolute Gasteiger partial charge is 0.0785 e. The molecule has 0 amide bonds. The summed E-state index contributed by atoms with van der Waals surface area (Å²) in [5.74, 6) is 0. The minimum absolute atomic E-state index is 0.369. The van der Waals surface area contributed by atoms with E-state index in [0.29, 0.717) is 6.61 Å². The summed E-state index contributed by atoms with van der Waals surface area (Å²) in [7, 11) is 1.60. The summed E-state index contributed by atoms with van der Waals surface area (Å²) in [6.45, 7) is 6.29. The van der Waals surface area contributed by atoms with Gasteiger partial charge in [-0.1, -0.05) is 23.8 Å². The minimum Gasteiger partial charge on any atom is -0.391 e. The van der Waals surface area contributed by atoms with Crippen LogP contribution in [0.15, 0.2) is 18.2 Å². The first-order valence-corrected chi connectivity index (χ1v) is 6.07. The largest absolute Gasteiger partial charge is 0.391 e. The third-order valence-electron chi connectivity index (χ3n) is 2.83. The van der Waals surface area contributed by atoms with Gasteiger partial charge in [0, 0.05) is 13.7 Å². The lowest BCUT2D eigenvalue weighted by Crippen LogP contribution is -2.23. The monoisotopic (exact) mass is 237 g/mol. The van der Waals surface area contributed by atoms with E-state index < -0.39 is 0 Å². The van der Waals surface area contributed by atoms with Gasteiger partial charge in [-0.25, -0.2) is 0 Å². The average molecular weight is 237 g/mol. The summed E-state index contributed by atoms with van der Waals surface area (Å²) in [5.41, 5.74) is 3.92. The molecule has 0 radical (unpaired) electrons. The number of aliphatic hydroxyl groups is 1. The molecule has 0 bridgehead atoms. The summed E-state index contributed by atoms with van der Waals surface area (Å²) < 4.78 is 4.88. The Bertz CT molecular complexity index is 339. The van der Waals surface area contributed by atoms with Crippen LogP contribution in [0.25, 0.3) is 0 Å². The molecular weight excluding hydrogens is 214 g/mol. The average Bonchev–Trinajstić information content (AvgIpc) is 2.29. The zero-order valence-electron chi connectivity index (χ0n) is 11.0. The van der Waals surface area contributed by atoms with Gasteiger partial charge in [-0.05, 0) is 37.9 Å². The first kappa shape index (κ1) is 14.2. The van der Waals surface area contributed by atoms with E-state index in [9.17, 15) is 5.11 Å². The maximum atomic E-state index is 9.48. The van der Waals surface area contributed by atoms with Crippen LogP contribution in [0.2, 0.25) is 0 Å². The fourth-order valence-corrected chi connectivity index (χ4v) is 1.76. The molecule has 1 aromatic carbocycles. The summed E-state index contributed by atoms with van der Waals surface area (Å²) in [6.07, 6.45) is 0.352. The molecule has 17 heavy (non-hydrogen) atoms. The number of hydrogen-bond donors (Lipinski definition) is 2. The van der Waals surface area contributed by atoms with Gasteiger partial charge < -0.3 is 15.2 Å². The molecule has 0 saturated carbocycles. The molecule has 1 atom stereocenters. The zero-order chi connectivity index (χ0) is 12.7. The van der Waals surface area contributed by atoms with Gasteiger partial charge in [0.05, 0.1) is 12.7 Å². The third-order valence-corrected chi connectivity index (χ3v) is 2.83. The lowest BCUT2D eigenvalue weighted by atomic mass is 10.1. The van der Waals surface area contributed by atoms with Gasteiger partial charge in [0.1, 0.15) is 0 Å². The molecule has 0 aliphatic carbocycles. The van der Waals surface area contributed by atoms with Crippen LogP contribution in [0.1, 0.15) is 23.1 Å². The van der Waals surface area contributed by atoms with E-state index in [0.717, 1.165) is 19.5 Å². The number of hydrogen-bond acceptors (Lipinski definition) is 3. The zero-order valence-corrected chi connectivity index (χ0v) is 11.0. The van der Waals surface area contributed by atoms with Crippen LogP contribution in [0.5, 0.6) is 0 Å². The molecule has 1 rings (SSSR count). The van der Waals surface area contributed by atoms with E-state index in [2.05, 4.69) is 37.4 Å². The van der Waals surface area contributed by atoms with Gasteiger partial charge in [0.2, 0.25) is 0 Å². The molecule has 1 aromatic rings. The van der Waals surface area contributed by atoms with Crippen molar-refractivity contribution in [2.45, 2.75) is 32.9 Å². The van der Waals surface area contributed by atoms with Gasteiger partial charge in [-0.2, -0.15) is 0 Å². The van der Waals surface area contributed by atoms with Crippen LogP contribution in [-0.4, -0.2) is 31.5 Å². The Morgan fingerprint density at radius 2 is 2.12 bits per heavy atom. The van der Waals surface area contributed by atoms with E-state index in [4.69, 9.17) is 4.74 Å². The van der Waals surface area contributed by atoms with E-state index in [1.54, 1.807) is 7.11 Å². The van der Waals surface area contributed by atoms with Gasteiger partial charge in [0.25, 0.3) is 0 Å². The van der Waals surface area contributed by atoms with E-state index in [1.165, 1.54) is 16.7 Å². The Labute approximate surface area is 104 Å². The van der Waals surface area contributed by atoms with Crippen molar-refractivity contribution in [3.8, 4) is 0 Å². The second-order valence-electron chi connectivity index (χ2n) is 4.50. The Kier molecular flexibility index (Phi) is 6.19. The number of aryl methyl sites for hydroxylation is 2. The molecule has 0 aromatic heterocycles. The van der Waals surface area contributed by atoms with Crippen molar-refractivity contribution in [2.24, 2.45) is 0 Å². The summed E-state index contributed by atoms with van der Waals surface area (Å²) in [6, 6.07) is 6.47. The highest BCUT2D eigenvalue weighted by Crippen LogP contribution is 2.10. The fourth-order valence-electron chi connectivity index (χ4n) is 1.76. The molecule has 2 N–H and O–H groups in total. The number of nitrogens with one attached hydrogen (secondary N) is 1. The second-order valence-corrected chi connectivity index (χ2v) is 4.50. The molecule has 96 valence electrons. The van der Waals surface area contributed by atoms with Crippen LogP contribution < -0.4 is 5.32 Å². The molecule has 0 aliphatic heterocycles. The predicted octanol–water partition coefficient (Wildman–Crippen LogP) is 1.79. The van der Waals surface area contributed by atoms with Crippen molar-refractivity contribution >= 4 is 0 Å². The quantitative estimate of drug-likeness (QED) is 0.710. The van der Waals surface area contributed by atoms with Gasteiger partial charge >= 0.3 is 0 Å². The number of ether oxygens (including phenoxy) is 1. The first-order chi connectivity index (χ1) is 8.13. The highest BCUT2D eigenvalue weighted by molar-refractivity contribution is 5.30. The standard InChI is InChI=1S/C14H23NO2/c1-11-4-5-12(2)13(8-11)9-15-7-6-14(16)10-17-3/h4-5,8,14-16H,6-7,9-10H2,1-3H3. The number of aliphatic hydroxyl groups excluding tert-OH is 1. The number of methoxy groups -OCH3 is 1. The summed E-state index contributed by atoms with van der Waals surface area (Å²) in [5, 5.41) is 12.8. The number of rotatable bonds is 7. The SMILES string of the molecule is COCC(O)CCNCc1cc(C)ccc1C. The van der Waals surface area contributed by atoms with Crippen LogP contribution >= 0.6 is 0 Å². The molecule has 0 spiro atoms. The molecule has 3 heteroatoms. The Morgan fingerprint density at radius 3 is 2.82 bits per heavy atom. The normalized spacial score (nSPS) is 12.7. The van der Waals surface area contributed by atoms with Crippen molar-refractivity contribution in [1.82, 2.24) is 5.32 Å². The molecule has 0 aliphatic rings. The molecule has 0 heterocycles. The lowest BCUT2D eigenvalue weighted by Gasteiger charge is -2.11. The highest BCUT2D eigenvalue weighted by atomic mass is 16.5. The molecular formula is C14H23NO2. The Morgan fingerprint density at radius 1 is 1.35 bits per heavy atom. The topological polar surface area (TPSA) is 41.5 Å². The third kappa shape index (κ3) is 5.31. The summed E-state index contributed by atoms with van der Waals surface area (Å²) in [4.78, 5) is 0. The molecule has 0 fully saturated rings. The Hall–Kier alpha value is -0.900. The van der Waals surface area contributed by atoms with Crippen molar-refractivity contribution in [2.75, 3.05) is 20.3 Å². The maximum Gasteiger partial charge on any atom is 0.0785 e. The van der Waals surface area contributed by atoms with Crippen LogP contribution in [-0.2, 0) is 11.3 Å². The second kappa shape index (κ2) is 7.43. The van der Waals surface area contributed by atoms with Crippen molar-refractivity contribution in [1.29, 1.82) is 0 Å². The van der Waals surface area contributed by atoms with Crippen LogP contribution in [0.3, 0.4) is 0 Å². The van der Waals surface area contributed by atoms with E-state index >= 15 is 0 Å². The fraction of sp³-hybridized carbons (Fsp3) is 0.571. The minimum atomic E-state index is -0.369. The van der Waals surface area contributed by atoms with Crippen LogP contribution in [0, 0.1) is 13.8 Å². The van der Waals surface area contributed by atoms with E-state index in [1.807, 2.05) is 0 Å². The lowest BCUT2D eigenvalue weighted by molar-refractivity contribution is 0.0594. The van der Waals surface area contributed by atoms with Gasteiger partial charge in [-0.3, -0.25) is 0 Å². The molecule has 1 unspecified atom stereocenters. The molecule has 0 saturated heterocycles. The highest BCUT2D eigenvalue weighted by Gasteiger charge is 2.03. The van der Waals surface area contributed by atoms with Gasteiger partial charge in [-0.15, -0.1) is 0 Å².